The number of aromatic hydroxyl groups is 2. The molecule has 29 heavy (non-hydrogen) atoms. The summed E-state index contributed by atoms with van der Waals surface area (Å²) < 4.78 is 1.32. The lowest BCUT2D eigenvalue weighted by Gasteiger charge is -2.18. The highest BCUT2D eigenvalue weighted by molar-refractivity contribution is 5.98. The van der Waals surface area contributed by atoms with E-state index in [1.807, 2.05) is 26.0 Å². The van der Waals surface area contributed by atoms with Gasteiger partial charge in [-0.05, 0) is 36.6 Å². The number of nitrogens with zero attached hydrogens (tertiary/aromatic N) is 3. The van der Waals surface area contributed by atoms with Crippen LogP contribution in [0.15, 0.2) is 41.2 Å². The molecule has 0 spiro atoms. The van der Waals surface area contributed by atoms with Crippen molar-refractivity contribution in [3.8, 4) is 28.6 Å². The van der Waals surface area contributed by atoms with Gasteiger partial charge in [0.15, 0.2) is 5.82 Å². The molecule has 0 saturated heterocycles. The predicted molar refractivity (Wildman–Crippen MR) is 110 cm³/mol. The Kier molecular flexibility index (Phi) is 5.72. The topological polar surface area (TPSA) is 111 Å². The van der Waals surface area contributed by atoms with Gasteiger partial charge in [0.2, 0.25) is 0 Å². The molecule has 0 atom stereocenters. The quantitative estimate of drug-likeness (QED) is 0.593. The summed E-state index contributed by atoms with van der Waals surface area (Å²) in [7, 11) is 1.64. The first-order chi connectivity index (χ1) is 13.9. The minimum atomic E-state index is -0.479. The van der Waals surface area contributed by atoms with Crippen LogP contribution in [0.5, 0.6) is 11.5 Å². The average molecular weight is 396 g/mol. The zero-order valence-corrected chi connectivity index (χ0v) is 16.6. The van der Waals surface area contributed by atoms with Gasteiger partial charge < -0.3 is 15.1 Å². The van der Waals surface area contributed by atoms with Gasteiger partial charge in [-0.2, -0.15) is 5.10 Å². The van der Waals surface area contributed by atoms with Gasteiger partial charge in [-0.1, -0.05) is 26.0 Å². The summed E-state index contributed by atoms with van der Waals surface area (Å²) in [6.07, 6.45) is 1.63. The highest BCUT2D eigenvalue weighted by Gasteiger charge is 2.22. The van der Waals surface area contributed by atoms with Gasteiger partial charge in [0.05, 0.1) is 16.8 Å². The van der Waals surface area contributed by atoms with Gasteiger partial charge in [0.25, 0.3) is 5.91 Å². The van der Waals surface area contributed by atoms with E-state index in [4.69, 9.17) is 0 Å². The summed E-state index contributed by atoms with van der Waals surface area (Å²) >= 11 is 0. The number of aromatic amines is 1. The zero-order valence-electron chi connectivity index (χ0n) is 16.6. The smallest absolute Gasteiger partial charge is 0.348 e. The van der Waals surface area contributed by atoms with Crippen LogP contribution >= 0.6 is 0 Å². The second-order valence-electron chi connectivity index (χ2n) is 6.82. The van der Waals surface area contributed by atoms with Crippen LogP contribution in [-0.4, -0.2) is 49.4 Å². The Labute approximate surface area is 168 Å². The van der Waals surface area contributed by atoms with Crippen LogP contribution in [0.2, 0.25) is 0 Å². The number of benzene rings is 2. The number of aryl methyl sites for hydroxylation is 1. The van der Waals surface area contributed by atoms with Crippen LogP contribution in [0.4, 0.5) is 0 Å². The van der Waals surface area contributed by atoms with Crippen LogP contribution in [-0.2, 0) is 6.42 Å². The minimum Gasteiger partial charge on any atom is -0.507 e. The molecule has 1 heterocycles. The first-order valence-corrected chi connectivity index (χ1v) is 9.45. The Hall–Kier alpha value is -3.55. The molecule has 0 bridgehead atoms. The third-order valence-corrected chi connectivity index (χ3v) is 4.77. The molecule has 0 aliphatic rings. The van der Waals surface area contributed by atoms with Crippen molar-refractivity contribution in [1.29, 1.82) is 0 Å². The van der Waals surface area contributed by atoms with Crippen LogP contribution in [0.3, 0.4) is 0 Å². The summed E-state index contributed by atoms with van der Waals surface area (Å²) in [5.41, 5.74) is 1.39. The van der Waals surface area contributed by atoms with Crippen LogP contribution in [0.25, 0.3) is 17.1 Å². The normalized spacial score (nSPS) is 10.9. The number of carbonyl (C=O) groups excluding carboxylic acids is 1. The van der Waals surface area contributed by atoms with Crippen LogP contribution < -0.4 is 5.69 Å². The van der Waals surface area contributed by atoms with Gasteiger partial charge in [-0.15, -0.1) is 0 Å². The van der Waals surface area contributed by atoms with Crippen molar-refractivity contribution in [3.05, 3.63) is 58.0 Å². The molecule has 0 saturated carbocycles. The van der Waals surface area contributed by atoms with Gasteiger partial charge in [0, 0.05) is 19.7 Å². The molecule has 2 aromatic carbocycles. The maximum Gasteiger partial charge on any atom is 0.348 e. The van der Waals surface area contributed by atoms with Crippen molar-refractivity contribution in [2.75, 3.05) is 13.6 Å². The summed E-state index contributed by atoms with van der Waals surface area (Å²) in [6.45, 7) is 4.50. The zero-order chi connectivity index (χ0) is 21.1. The molecule has 0 radical (unpaired) electrons. The maximum absolute atomic E-state index is 12.7. The SMILES string of the molecule is CCCN(C)C(=O)c1cc(-c2n[nH]c(=O)n2-c2ccc(CC)cc2)c(O)cc1O. The van der Waals surface area contributed by atoms with E-state index in [0.717, 1.165) is 24.5 Å². The molecule has 3 rings (SSSR count). The van der Waals surface area contributed by atoms with Crippen molar-refractivity contribution in [1.82, 2.24) is 19.7 Å². The summed E-state index contributed by atoms with van der Waals surface area (Å²) in [5, 5.41) is 27.0. The van der Waals surface area contributed by atoms with E-state index in [0.29, 0.717) is 12.2 Å². The number of nitrogens with one attached hydrogen (secondary N) is 1. The molecular weight excluding hydrogens is 372 g/mol. The predicted octanol–water partition coefficient (Wildman–Crippen LogP) is 2.68. The van der Waals surface area contributed by atoms with Gasteiger partial charge in [-0.3, -0.25) is 4.79 Å². The number of aromatic nitrogens is 3. The molecule has 152 valence electrons. The van der Waals surface area contributed by atoms with E-state index < -0.39 is 5.69 Å². The van der Waals surface area contributed by atoms with Crippen molar-refractivity contribution < 1.29 is 15.0 Å². The van der Waals surface area contributed by atoms with Gasteiger partial charge >= 0.3 is 5.69 Å². The fourth-order valence-corrected chi connectivity index (χ4v) is 3.17. The molecular formula is C21H24N4O4. The van der Waals surface area contributed by atoms with Crippen molar-refractivity contribution in [2.24, 2.45) is 0 Å². The second kappa shape index (κ2) is 8.22. The molecule has 1 aromatic heterocycles. The van der Waals surface area contributed by atoms with E-state index in [-0.39, 0.29) is 34.4 Å². The van der Waals surface area contributed by atoms with Crippen LogP contribution in [0.1, 0.15) is 36.2 Å². The Bertz CT molecular complexity index is 1080. The third kappa shape index (κ3) is 3.87. The van der Waals surface area contributed by atoms with Crippen molar-refractivity contribution in [3.63, 3.8) is 0 Å². The highest BCUT2D eigenvalue weighted by Crippen LogP contribution is 2.34. The number of phenolic OH excluding ortho intramolecular Hbond substituents is 2. The molecule has 8 nitrogen and oxygen atoms in total. The number of amides is 1. The van der Waals surface area contributed by atoms with E-state index in [1.165, 1.54) is 15.5 Å². The molecule has 3 aromatic rings. The highest BCUT2D eigenvalue weighted by atomic mass is 16.3. The van der Waals surface area contributed by atoms with Gasteiger partial charge in [0.1, 0.15) is 11.5 Å². The first kappa shape index (κ1) is 20.2. The number of phenols is 2. The standard InChI is InChI=1S/C21H24N4O4/c1-4-10-24(3)20(28)16-11-15(17(26)12-18(16)27)19-22-23-21(29)25(19)14-8-6-13(5-2)7-9-14/h6-9,11-12,26-27H,4-5,10H2,1-3H3,(H,23,29). The fourth-order valence-electron chi connectivity index (χ4n) is 3.17. The third-order valence-electron chi connectivity index (χ3n) is 4.77. The number of H-pyrrole nitrogens is 1. The first-order valence-electron chi connectivity index (χ1n) is 9.45. The van der Waals surface area contributed by atoms with Crippen molar-refractivity contribution in [2.45, 2.75) is 26.7 Å². The second-order valence-corrected chi connectivity index (χ2v) is 6.82. The van der Waals surface area contributed by atoms with Crippen LogP contribution in [0, 0.1) is 0 Å². The molecule has 1 amide bonds. The fraction of sp³-hybridized carbons (Fsp3) is 0.286. The number of carbonyl (C=O) groups is 1. The van der Waals surface area contributed by atoms with Crippen molar-refractivity contribution >= 4 is 5.91 Å². The van der Waals surface area contributed by atoms with E-state index in [9.17, 15) is 19.8 Å². The lowest BCUT2D eigenvalue weighted by molar-refractivity contribution is 0.0792. The Morgan fingerprint density at radius 3 is 2.45 bits per heavy atom. The number of rotatable bonds is 6. The van der Waals surface area contributed by atoms with E-state index in [1.54, 1.807) is 19.2 Å². The maximum atomic E-state index is 12.7. The molecule has 0 unspecified atom stereocenters. The van der Waals surface area contributed by atoms with E-state index >= 15 is 0 Å². The molecule has 3 N–H and O–H groups in total. The van der Waals surface area contributed by atoms with E-state index in [2.05, 4.69) is 10.2 Å². The number of hydrogen-bond donors (Lipinski definition) is 3. The van der Waals surface area contributed by atoms with Gasteiger partial charge in [-0.25, -0.2) is 14.5 Å². The molecule has 8 heteroatoms. The molecule has 0 aliphatic heterocycles. The Balaban J connectivity index is 2.13. The summed E-state index contributed by atoms with van der Waals surface area (Å²) in [4.78, 5) is 26.5. The lowest BCUT2D eigenvalue weighted by Crippen LogP contribution is -2.27. The Morgan fingerprint density at radius 1 is 1.14 bits per heavy atom. The Morgan fingerprint density at radius 2 is 1.83 bits per heavy atom. The number of hydrogen-bond acceptors (Lipinski definition) is 5. The average Bonchev–Trinajstić information content (AvgIpc) is 3.09. The minimum absolute atomic E-state index is 0.0251. The summed E-state index contributed by atoms with van der Waals surface area (Å²) in [5.74, 6) is -0.871. The molecule has 0 aliphatic carbocycles. The monoisotopic (exact) mass is 396 g/mol. The molecule has 0 fully saturated rings. The summed E-state index contributed by atoms with van der Waals surface area (Å²) in [6, 6.07) is 9.83. The largest absolute Gasteiger partial charge is 0.507 e. The lowest BCUT2D eigenvalue weighted by atomic mass is 10.1.